The highest BCUT2D eigenvalue weighted by molar-refractivity contribution is 5.38. The first kappa shape index (κ1) is 11.0. The van der Waals surface area contributed by atoms with Crippen LogP contribution in [0.1, 0.15) is 30.0 Å². The summed E-state index contributed by atoms with van der Waals surface area (Å²) in [7, 11) is 0. The standard InChI is InChI=1S/C14H15N3O/c18-13-8-9-15-14(17-13)16-12-7-3-5-10-4-1-2-6-11(10)12/h1-2,4,6,8-9,12H,3,5,7H2,(H2,15,16,17,18). The average molecular weight is 241 g/mol. The molecule has 18 heavy (non-hydrogen) atoms. The Morgan fingerprint density at radius 1 is 1.28 bits per heavy atom. The molecule has 2 N–H and O–H groups in total. The molecule has 0 bridgehead atoms. The van der Waals surface area contributed by atoms with Gasteiger partial charge in [-0.15, -0.1) is 0 Å². The Morgan fingerprint density at radius 3 is 3.06 bits per heavy atom. The highest BCUT2D eigenvalue weighted by Gasteiger charge is 2.19. The molecule has 3 rings (SSSR count). The number of anilines is 1. The highest BCUT2D eigenvalue weighted by atomic mass is 16.1. The molecule has 1 aromatic carbocycles. The van der Waals surface area contributed by atoms with Gasteiger partial charge in [0.2, 0.25) is 5.95 Å². The van der Waals surface area contributed by atoms with Gasteiger partial charge in [-0.05, 0) is 30.4 Å². The zero-order valence-corrected chi connectivity index (χ0v) is 10.0. The maximum absolute atomic E-state index is 11.2. The first-order valence-electron chi connectivity index (χ1n) is 6.22. The molecule has 0 saturated heterocycles. The van der Waals surface area contributed by atoms with Gasteiger partial charge in [0.25, 0.3) is 5.56 Å². The Morgan fingerprint density at radius 2 is 2.17 bits per heavy atom. The van der Waals surface area contributed by atoms with Crippen LogP contribution in [-0.4, -0.2) is 9.97 Å². The Bertz CT molecular complexity index is 606. The monoisotopic (exact) mass is 241 g/mol. The summed E-state index contributed by atoms with van der Waals surface area (Å²) >= 11 is 0. The summed E-state index contributed by atoms with van der Waals surface area (Å²) in [6.07, 6.45) is 4.88. The minimum Gasteiger partial charge on any atom is -0.349 e. The molecule has 0 amide bonds. The van der Waals surface area contributed by atoms with E-state index < -0.39 is 0 Å². The molecule has 92 valence electrons. The molecule has 0 fully saturated rings. The lowest BCUT2D eigenvalue weighted by molar-refractivity contribution is 0.596. The summed E-state index contributed by atoms with van der Waals surface area (Å²) < 4.78 is 0. The SMILES string of the molecule is O=c1ccnc(NC2CCCc3ccccc32)[nH]1. The van der Waals surface area contributed by atoms with E-state index in [1.165, 1.54) is 23.4 Å². The number of rotatable bonds is 2. The van der Waals surface area contributed by atoms with E-state index in [2.05, 4.69) is 39.6 Å². The van der Waals surface area contributed by atoms with Crippen molar-refractivity contribution >= 4 is 5.95 Å². The second-order valence-corrected chi connectivity index (χ2v) is 4.57. The second-order valence-electron chi connectivity index (χ2n) is 4.57. The van der Waals surface area contributed by atoms with Crippen molar-refractivity contribution in [3.05, 3.63) is 58.0 Å². The van der Waals surface area contributed by atoms with E-state index in [1.807, 2.05) is 0 Å². The zero-order chi connectivity index (χ0) is 12.4. The van der Waals surface area contributed by atoms with Crippen molar-refractivity contribution in [2.75, 3.05) is 5.32 Å². The lowest BCUT2D eigenvalue weighted by Gasteiger charge is -2.26. The van der Waals surface area contributed by atoms with Crippen molar-refractivity contribution in [1.29, 1.82) is 0 Å². The largest absolute Gasteiger partial charge is 0.349 e. The highest BCUT2D eigenvalue weighted by Crippen LogP contribution is 2.31. The number of nitrogens with zero attached hydrogens (tertiary/aromatic N) is 1. The fraction of sp³-hybridized carbons (Fsp3) is 0.286. The van der Waals surface area contributed by atoms with Crippen molar-refractivity contribution in [1.82, 2.24) is 9.97 Å². The molecule has 1 atom stereocenters. The van der Waals surface area contributed by atoms with Gasteiger partial charge in [0.15, 0.2) is 0 Å². The lowest BCUT2D eigenvalue weighted by Crippen LogP contribution is -2.20. The molecule has 1 aliphatic carbocycles. The molecule has 1 aliphatic rings. The number of aryl methyl sites for hydroxylation is 1. The third-order valence-corrected chi connectivity index (χ3v) is 3.35. The second kappa shape index (κ2) is 4.64. The Balaban J connectivity index is 1.88. The average Bonchev–Trinajstić information content (AvgIpc) is 2.39. The zero-order valence-electron chi connectivity index (χ0n) is 10.0. The van der Waals surface area contributed by atoms with E-state index in [-0.39, 0.29) is 11.6 Å². The molecule has 1 heterocycles. The predicted octanol–water partition coefficient (Wildman–Crippen LogP) is 2.26. The van der Waals surface area contributed by atoms with Crippen molar-refractivity contribution in [2.24, 2.45) is 0 Å². The van der Waals surface area contributed by atoms with Gasteiger partial charge in [0, 0.05) is 12.3 Å². The number of benzene rings is 1. The van der Waals surface area contributed by atoms with Crippen LogP contribution in [0.3, 0.4) is 0 Å². The fourth-order valence-electron chi connectivity index (χ4n) is 2.51. The van der Waals surface area contributed by atoms with E-state index in [0.717, 1.165) is 19.3 Å². The summed E-state index contributed by atoms with van der Waals surface area (Å²) in [6, 6.07) is 10.1. The third kappa shape index (κ3) is 2.14. The molecular weight excluding hydrogens is 226 g/mol. The van der Waals surface area contributed by atoms with E-state index in [1.54, 1.807) is 0 Å². The maximum Gasteiger partial charge on any atom is 0.252 e. The molecule has 2 aromatic rings. The minimum atomic E-state index is -0.128. The topological polar surface area (TPSA) is 57.8 Å². The molecule has 0 spiro atoms. The quantitative estimate of drug-likeness (QED) is 0.848. The Labute approximate surface area is 105 Å². The minimum absolute atomic E-state index is 0.128. The summed E-state index contributed by atoms with van der Waals surface area (Å²) in [4.78, 5) is 18.1. The van der Waals surface area contributed by atoms with Crippen molar-refractivity contribution in [3.8, 4) is 0 Å². The van der Waals surface area contributed by atoms with Crippen molar-refractivity contribution in [2.45, 2.75) is 25.3 Å². The van der Waals surface area contributed by atoms with Gasteiger partial charge < -0.3 is 5.32 Å². The van der Waals surface area contributed by atoms with E-state index >= 15 is 0 Å². The Kier molecular flexibility index (Phi) is 2.84. The first-order valence-corrected chi connectivity index (χ1v) is 6.22. The van der Waals surface area contributed by atoms with Gasteiger partial charge in [0.05, 0.1) is 6.04 Å². The van der Waals surface area contributed by atoms with Crippen molar-refractivity contribution < 1.29 is 0 Å². The molecule has 0 saturated carbocycles. The van der Waals surface area contributed by atoms with Gasteiger partial charge in [-0.25, -0.2) is 4.98 Å². The van der Waals surface area contributed by atoms with Crippen LogP contribution in [0.5, 0.6) is 0 Å². The number of hydrogen-bond acceptors (Lipinski definition) is 3. The number of fused-ring (bicyclic) bond motifs is 1. The van der Waals surface area contributed by atoms with Crippen LogP contribution >= 0.6 is 0 Å². The summed E-state index contributed by atoms with van der Waals surface area (Å²) in [5.41, 5.74) is 2.58. The van der Waals surface area contributed by atoms with Crippen LogP contribution in [0.2, 0.25) is 0 Å². The molecule has 4 nitrogen and oxygen atoms in total. The normalized spacial score (nSPS) is 18.1. The number of nitrogens with one attached hydrogen (secondary N) is 2. The number of aromatic amines is 1. The van der Waals surface area contributed by atoms with E-state index in [9.17, 15) is 4.79 Å². The molecular formula is C14H15N3O. The van der Waals surface area contributed by atoms with Crippen LogP contribution < -0.4 is 10.9 Å². The van der Waals surface area contributed by atoms with Crippen molar-refractivity contribution in [3.63, 3.8) is 0 Å². The van der Waals surface area contributed by atoms with Gasteiger partial charge in [-0.3, -0.25) is 9.78 Å². The fourth-order valence-corrected chi connectivity index (χ4v) is 2.51. The number of aromatic nitrogens is 2. The Hall–Kier alpha value is -2.10. The van der Waals surface area contributed by atoms with Gasteiger partial charge in [0.1, 0.15) is 0 Å². The van der Waals surface area contributed by atoms with Crippen LogP contribution in [0.4, 0.5) is 5.95 Å². The molecule has 0 radical (unpaired) electrons. The molecule has 1 aromatic heterocycles. The first-order chi connectivity index (χ1) is 8.83. The van der Waals surface area contributed by atoms with Crippen LogP contribution in [0, 0.1) is 0 Å². The number of H-pyrrole nitrogens is 1. The van der Waals surface area contributed by atoms with Crippen LogP contribution in [-0.2, 0) is 6.42 Å². The molecule has 4 heteroatoms. The summed E-state index contributed by atoms with van der Waals surface area (Å²) in [5, 5.41) is 3.31. The molecule has 0 aliphatic heterocycles. The summed E-state index contributed by atoms with van der Waals surface area (Å²) in [5.74, 6) is 0.546. The van der Waals surface area contributed by atoms with Gasteiger partial charge in [-0.1, -0.05) is 24.3 Å². The third-order valence-electron chi connectivity index (χ3n) is 3.35. The van der Waals surface area contributed by atoms with E-state index in [0.29, 0.717) is 5.95 Å². The van der Waals surface area contributed by atoms with E-state index in [4.69, 9.17) is 0 Å². The van der Waals surface area contributed by atoms with Gasteiger partial charge >= 0.3 is 0 Å². The van der Waals surface area contributed by atoms with Crippen LogP contribution in [0.15, 0.2) is 41.3 Å². The smallest absolute Gasteiger partial charge is 0.252 e. The molecule has 1 unspecified atom stereocenters. The van der Waals surface area contributed by atoms with Crippen LogP contribution in [0.25, 0.3) is 0 Å². The lowest BCUT2D eigenvalue weighted by atomic mass is 9.88. The maximum atomic E-state index is 11.2. The van der Waals surface area contributed by atoms with Gasteiger partial charge in [-0.2, -0.15) is 0 Å². The summed E-state index contributed by atoms with van der Waals surface area (Å²) in [6.45, 7) is 0. The predicted molar refractivity (Wildman–Crippen MR) is 70.6 cm³/mol. The number of hydrogen-bond donors (Lipinski definition) is 2.